The molecule has 8 heteroatoms. The van der Waals surface area contributed by atoms with Crippen LogP contribution in [0.3, 0.4) is 0 Å². The van der Waals surface area contributed by atoms with Crippen molar-refractivity contribution in [3.8, 4) is 11.1 Å². The minimum absolute atomic E-state index is 0.0122. The van der Waals surface area contributed by atoms with Crippen molar-refractivity contribution in [3.63, 3.8) is 0 Å². The van der Waals surface area contributed by atoms with Gasteiger partial charge in [0.25, 0.3) is 0 Å². The van der Waals surface area contributed by atoms with Gasteiger partial charge in [-0.25, -0.2) is 19.3 Å². The van der Waals surface area contributed by atoms with Gasteiger partial charge in [-0.3, -0.25) is 4.57 Å². The Morgan fingerprint density at radius 3 is 3.11 bits per heavy atom. The van der Waals surface area contributed by atoms with Crippen molar-refractivity contribution in [3.05, 3.63) is 52.8 Å². The highest BCUT2D eigenvalue weighted by Gasteiger charge is 2.26. The van der Waals surface area contributed by atoms with E-state index in [1.807, 2.05) is 29.2 Å². The molecule has 0 unspecified atom stereocenters. The van der Waals surface area contributed by atoms with Gasteiger partial charge < -0.3 is 14.5 Å². The summed E-state index contributed by atoms with van der Waals surface area (Å²) < 4.78 is 22.6. The van der Waals surface area contributed by atoms with Crippen LogP contribution in [0.1, 0.15) is 45.5 Å². The number of methoxy groups -OCH3 is 1. The lowest BCUT2D eigenvalue weighted by Crippen LogP contribution is -2.36. The average Bonchev–Trinajstić information content (AvgIpc) is 3.48. The highest BCUT2D eigenvalue weighted by atomic mass is 16.5. The van der Waals surface area contributed by atoms with E-state index in [9.17, 15) is 4.79 Å². The summed E-state index contributed by atoms with van der Waals surface area (Å²) in [4.78, 5) is 26.4. The minimum Gasteiger partial charge on any atom is -0.381 e. The molecule has 4 aromatic heterocycles. The van der Waals surface area contributed by atoms with Crippen LogP contribution in [0.5, 0.6) is 0 Å². The Kier molecular flexibility index (Phi) is 5.48. The molecule has 2 aliphatic rings. The summed E-state index contributed by atoms with van der Waals surface area (Å²) in [5.41, 5.74) is 6.34. The van der Waals surface area contributed by atoms with E-state index in [1.165, 1.54) is 0 Å². The van der Waals surface area contributed by atoms with Crippen LogP contribution < -0.4 is 5.69 Å². The van der Waals surface area contributed by atoms with Crippen LogP contribution in [0.25, 0.3) is 39.0 Å². The van der Waals surface area contributed by atoms with Crippen molar-refractivity contribution in [2.45, 2.75) is 64.2 Å². The molecule has 0 aromatic carbocycles. The number of fused-ring (bicyclic) bond motifs is 2. The van der Waals surface area contributed by atoms with Crippen LogP contribution in [0.4, 0.5) is 0 Å². The first-order chi connectivity index (χ1) is 17.6. The van der Waals surface area contributed by atoms with Crippen molar-refractivity contribution in [2.75, 3.05) is 13.7 Å². The summed E-state index contributed by atoms with van der Waals surface area (Å²) in [7, 11) is -0.0586. The summed E-state index contributed by atoms with van der Waals surface area (Å²) in [5.74, 6) is 0. The number of aryl methyl sites for hydroxylation is 1. The molecule has 8 nitrogen and oxygen atoms in total. The monoisotopic (exact) mass is 474 g/mol. The minimum atomic E-state index is -0.157. The third-order valence-electron chi connectivity index (χ3n) is 7.43. The lowest BCUT2D eigenvalue weighted by atomic mass is 10.0. The normalized spacial score (nSPS) is 21.4. The second kappa shape index (κ2) is 9.09. The van der Waals surface area contributed by atoms with E-state index in [0.29, 0.717) is 25.2 Å². The Balaban J connectivity index is 1.47. The molecular weight excluding hydrogens is 442 g/mol. The number of nitrogens with one attached hydrogen (secondary N) is 1. The number of nitrogens with zero attached hydrogens (tertiary/aromatic N) is 4. The molecule has 0 bridgehead atoms. The molecule has 5 heterocycles. The van der Waals surface area contributed by atoms with E-state index >= 15 is 0 Å². The van der Waals surface area contributed by atoms with Crippen molar-refractivity contribution in [2.24, 2.45) is 0 Å². The number of allylic oxidation sites excluding steroid dienone is 2. The number of imidazole rings is 1. The topological polar surface area (TPSA) is 87.0 Å². The summed E-state index contributed by atoms with van der Waals surface area (Å²) in [5, 5.41) is 1.07. The van der Waals surface area contributed by atoms with Crippen LogP contribution in [0.15, 0.2) is 41.6 Å². The lowest BCUT2D eigenvalue weighted by Gasteiger charge is -2.28. The maximum Gasteiger partial charge on any atom is 0.334 e. The van der Waals surface area contributed by atoms with Crippen LogP contribution in [0, 0.1) is 6.92 Å². The molecule has 182 valence electrons. The van der Waals surface area contributed by atoms with Gasteiger partial charge in [-0.05, 0) is 56.7 Å². The van der Waals surface area contributed by atoms with Gasteiger partial charge in [-0.2, -0.15) is 0 Å². The Bertz CT molecular complexity index is 1500. The Morgan fingerprint density at radius 1 is 1.31 bits per heavy atom. The van der Waals surface area contributed by atoms with Crippen molar-refractivity contribution < 1.29 is 10.8 Å². The fraction of sp³-hybridized carbons (Fsp3) is 0.444. The summed E-state index contributed by atoms with van der Waals surface area (Å²) in [6, 6.07) is 4.09. The highest BCUT2D eigenvalue weighted by Crippen LogP contribution is 2.31. The SMILES string of the molecule is [2H]CO[C@@H]1CCO[C@H](Cn2c(=O)n(C3=CCCCC3)c3ncc(-c4cnc5[nH]ccc5c4C)cc32)C1. The van der Waals surface area contributed by atoms with Gasteiger partial charge in [0.1, 0.15) is 5.65 Å². The number of pyridine rings is 2. The van der Waals surface area contributed by atoms with Crippen LogP contribution in [-0.4, -0.2) is 50.0 Å². The number of H-pyrrole nitrogens is 1. The zero-order valence-electron chi connectivity index (χ0n) is 21.0. The number of aromatic nitrogens is 5. The third-order valence-corrected chi connectivity index (χ3v) is 7.43. The van der Waals surface area contributed by atoms with Gasteiger partial charge in [-0.1, -0.05) is 6.08 Å². The van der Waals surface area contributed by atoms with Gasteiger partial charge in [-0.15, -0.1) is 0 Å². The second-order valence-corrected chi connectivity index (χ2v) is 9.58. The summed E-state index contributed by atoms with van der Waals surface area (Å²) in [6.07, 6.45) is 13.1. The molecule has 1 aliphatic carbocycles. The van der Waals surface area contributed by atoms with Gasteiger partial charge in [0.2, 0.25) is 0 Å². The van der Waals surface area contributed by atoms with Gasteiger partial charge >= 0.3 is 5.69 Å². The first-order valence-electron chi connectivity index (χ1n) is 13.1. The van der Waals surface area contributed by atoms with Crippen LogP contribution in [0.2, 0.25) is 0 Å². The van der Waals surface area contributed by atoms with E-state index in [0.717, 1.165) is 71.0 Å². The highest BCUT2D eigenvalue weighted by molar-refractivity contribution is 5.88. The molecule has 1 N–H and O–H groups in total. The predicted molar refractivity (Wildman–Crippen MR) is 136 cm³/mol. The number of hydrogen-bond acceptors (Lipinski definition) is 5. The zero-order chi connectivity index (χ0) is 24.6. The molecule has 0 saturated carbocycles. The van der Waals surface area contributed by atoms with E-state index in [-0.39, 0.29) is 25.0 Å². The molecule has 0 amide bonds. The maximum absolute atomic E-state index is 13.8. The van der Waals surface area contributed by atoms with E-state index in [2.05, 4.69) is 29.0 Å². The number of rotatable bonds is 5. The van der Waals surface area contributed by atoms with E-state index in [1.54, 1.807) is 4.57 Å². The second-order valence-electron chi connectivity index (χ2n) is 9.58. The fourth-order valence-electron chi connectivity index (χ4n) is 5.50. The Hall–Kier alpha value is -3.23. The smallest absolute Gasteiger partial charge is 0.334 e. The molecule has 1 fully saturated rings. The standard InChI is InChI=1S/C27H31N5O3/c1-17-22-8-10-28-25(22)29-15-23(17)18-12-24-26(30-14-18)32(19-6-4-3-5-7-19)27(33)31(24)16-21-13-20(34-2)9-11-35-21/h6,8,10,12,14-15,20-21H,3-5,7,9,11,13,16H2,1-2H3,(H,28,29)/t20-,21+/m1/s1/i2D. The molecule has 0 spiro atoms. The average molecular weight is 475 g/mol. The van der Waals surface area contributed by atoms with Crippen molar-refractivity contribution in [1.82, 2.24) is 24.1 Å². The summed E-state index contributed by atoms with van der Waals surface area (Å²) in [6.45, 7) is 3.08. The van der Waals surface area contributed by atoms with Gasteiger partial charge in [0, 0.05) is 60.9 Å². The number of aromatic amines is 1. The molecule has 1 aliphatic heterocycles. The Morgan fingerprint density at radius 2 is 2.26 bits per heavy atom. The number of ether oxygens (including phenoxy) is 2. The van der Waals surface area contributed by atoms with E-state index in [4.69, 9.17) is 15.8 Å². The van der Waals surface area contributed by atoms with E-state index < -0.39 is 0 Å². The third kappa shape index (κ3) is 3.90. The Labute approximate surface area is 205 Å². The molecule has 1 saturated heterocycles. The molecule has 35 heavy (non-hydrogen) atoms. The van der Waals surface area contributed by atoms with Gasteiger partial charge in [0.15, 0.2) is 5.65 Å². The molecule has 4 aromatic rings. The first kappa shape index (κ1) is 21.1. The molecular formula is C27H31N5O3. The zero-order valence-corrected chi connectivity index (χ0v) is 20.0. The largest absolute Gasteiger partial charge is 0.381 e. The lowest BCUT2D eigenvalue weighted by molar-refractivity contribution is -0.0638. The molecule has 6 rings (SSSR count). The fourth-order valence-corrected chi connectivity index (χ4v) is 5.50. The van der Waals surface area contributed by atoms with Crippen molar-refractivity contribution in [1.29, 1.82) is 0 Å². The number of hydrogen-bond donors (Lipinski definition) is 1. The molecule has 0 radical (unpaired) electrons. The quantitative estimate of drug-likeness (QED) is 0.455. The summed E-state index contributed by atoms with van der Waals surface area (Å²) >= 11 is 0. The predicted octanol–water partition coefficient (Wildman–Crippen LogP) is 4.66. The maximum atomic E-state index is 13.8. The van der Waals surface area contributed by atoms with Crippen LogP contribution >= 0.6 is 0 Å². The molecule has 2 atom stereocenters. The van der Waals surface area contributed by atoms with Crippen LogP contribution in [-0.2, 0) is 16.0 Å². The van der Waals surface area contributed by atoms with Crippen molar-refractivity contribution >= 4 is 27.9 Å². The first-order valence-corrected chi connectivity index (χ1v) is 12.4. The van der Waals surface area contributed by atoms with Gasteiger partial charge in [0.05, 0.1) is 25.6 Å².